The van der Waals surface area contributed by atoms with Crippen LogP contribution in [0, 0.1) is 0 Å². The molecule has 0 spiro atoms. The summed E-state index contributed by atoms with van der Waals surface area (Å²) in [6.45, 7) is 2.18. The smallest absolute Gasteiger partial charge is 0.334 e. The maximum absolute atomic E-state index is 12.2. The highest BCUT2D eigenvalue weighted by Crippen LogP contribution is 2.08. The largest absolute Gasteiger partial charge is 0.354 e. The predicted octanol–water partition coefficient (Wildman–Crippen LogP) is 0.565. The van der Waals surface area contributed by atoms with Crippen LogP contribution in [0.1, 0.15) is 18.4 Å². The van der Waals surface area contributed by atoms with Crippen molar-refractivity contribution in [3.63, 3.8) is 0 Å². The van der Waals surface area contributed by atoms with Crippen LogP contribution in [0.15, 0.2) is 41.3 Å². The molecule has 1 aliphatic heterocycles. The van der Waals surface area contributed by atoms with Gasteiger partial charge in [0.1, 0.15) is 5.82 Å². The molecule has 3 rings (SSSR count). The Kier molecular flexibility index (Phi) is 5.42. The van der Waals surface area contributed by atoms with Crippen molar-refractivity contribution in [2.45, 2.75) is 25.4 Å². The fourth-order valence-corrected chi connectivity index (χ4v) is 2.77. The minimum Gasteiger partial charge on any atom is -0.334 e. The number of piperidine rings is 1. The standard InChI is InChI=1S/C17H22N6O2/c18-10-12-3-5-14(6-4-12)23-9-7-15(22-17(23)25)21-16(24)20-13-2-1-8-19-11-13/h3-7,9,13,19H,1-2,8,10-11,18H2,(H2,20,21,22,24,25). The van der Waals surface area contributed by atoms with Gasteiger partial charge in [0, 0.05) is 25.3 Å². The topological polar surface area (TPSA) is 114 Å². The van der Waals surface area contributed by atoms with Gasteiger partial charge in [0.05, 0.1) is 5.69 Å². The van der Waals surface area contributed by atoms with E-state index in [1.165, 1.54) is 4.57 Å². The molecule has 0 radical (unpaired) electrons. The second-order valence-corrected chi connectivity index (χ2v) is 5.98. The first-order valence-corrected chi connectivity index (χ1v) is 8.33. The van der Waals surface area contributed by atoms with Gasteiger partial charge in [0.25, 0.3) is 0 Å². The van der Waals surface area contributed by atoms with E-state index in [9.17, 15) is 9.59 Å². The molecule has 1 aliphatic rings. The molecule has 8 nitrogen and oxygen atoms in total. The van der Waals surface area contributed by atoms with Crippen molar-refractivity contribution < 1.29 is 4.79 Å². The lowest BCUT2D eigenvalue weighted by atomic mass is 10.1. The summed E-state index contributed by atoms with van der Waals surface area (Å²) in [5, 5.41) is 8.71. The molecule has 8 heteroatoms. The number of amides is 2. The Morgan fingerprint density at radius 1 is 1.32 bits per heavy atom. The lowest BCUT2D eigenvalue weighted by Gasteiger charge is -2.23. The zero-order valence-electron chi connectivity index (χ0n) is 13.9. The van der Waals surface area contributed by atoms with Crippen molar-refractivity contribution in [1.82, 2.24) is 20.2 Å². The molecule has 2 aromatic rings. The number of carbonyl (C=O) groups is 1. The number of nitrogens with one attached hydrogen (secondary N) is 3. The van der Waals surface area contributed by atoms with Gasteiger partial charge < -0.3 is 16.4 Å². The molecule has 1 aromatic heterocycles. The van der Waals surface area contributed by atoms with Crippen molar-refractivity contribution in [1.29, 1.82) is 0 Å². The summed E-state index contributed by atoms with van der Waals surface area (Å²) in [7, 11) is 0. The van der Waals surface area contributed by atoms with Crippen molar-refractivity contribution in [2.75, 3.05) is 18.4 Å². The van der Waals surface area contributed by atoms with Crippen LogP contribution in [0.25, 0.3) is 5.69 Å². The number of benzene rings is 1. The molecule has 1 unspecified atom stereocenters. The van der Waals surface area contributed by atoms with E-state index in [0.29, 0.717) is 12.2 Å². The first-order chi connectivity index (χ1) is 12.2. The molecule has 132 valence electrons. The third kappa shape index (κ3) is 4.43. The van der Waals surface area contributed by atoms with E-state index >= 15 is 0 Å². The quantitative estimate of drug-likeness (QED) is 0.648. The molecule has 5 N–H and O–H groups in total. The van der Waals surface area contributed by atoms with Gasteiger partial charge >= 0.3 is 11.7 Å². The first kappa shape index (κ1) is 17.1. The van der Waals surface area contributed by atoms with Gasteiger partial charge in [0.15, 0.2) is 0 Å². The van der Waals surface area contributed by atoms with Crippen LogP contribution >= 0.6 is 0 Å². The molecule has 1 saturated heterocycles. The summed E-state index contributed by atoms with van der Waals surface area (Å²) < 4.78 is 1.41. The number of nitrogens with two attached hydrogens (primary N) is 1. The summed E-state index contributed by atoms with van der Waals surface area (Å²) >= 11 is 0. The van der Waals surface area contributed by atoms with E-state index in [1.54, 1.807) is 24.4 Å². The Morgan fingerprint density at radius 2 is 2.12 bits per heavy atom. The summed E-state index contributed by atoms with van der Waals surface area (Å²) in [6.07, 6.45) is 3.56. The number of carbonyl (C=O) groups excluding carboxylic acids is 1. The summed E-state index contributed by atoms with van der Waals surface area (Å²) in [5.41, 5.74) is 6.79. The highest BCUT2D eigenvalue weighted by Gasteiger charge is 2.15. The van der Waals surface area contributed by atoms with Crippen molar-refractivity contribution >= 4 is 11.8 Å². The first-order valence-electron chi connectivity index (χ1n) is 8.33. The monoisotopic (exact) mass is 342 g/mol. The zero-order chi connectivity index (χ0) is 17.6. The summed E-state index contributed by atoms with van der Waals surface area (Å²) in [4.78, 5) is 28.1. The highest BCUT2D eigenvalue weighted by atomic mass is 16.2. The molecule has 1 aromatic carbocycles. The Hall–Kier alpha value is -2.71. The van der Waals surface area contributed by atoms with Crippen molar-refractivity contribution in [3.05, 3.63) is 52.6 Å². The Morgan fingerprint density at radius 3 is 2.76 bits per heavy atom. The average Bonchev–Trinajstić information content (AvgIpc) is 2.63. The lowest BCUT2D eigenvalue weighted by Crippen LogP contribution is -2.47. The van der Waals surface area contributed by atoms with Gasteiger partial charge in [-0.1, -0.05) is 12.1 Å². The van der Waals surface area contributed by atoms with Gasteiger partial charge in [-0.25, -0.2) is 9.59 Å². The number of hydrogen-bond acceptors (Lipinski definition) is 5. The second kappa shape index (κ2) is 7.91. The molecular weight excluding hydrogens is 320 g/mol. The Balaban J connectivity index is 1.66. The fourth-order valence-electron chi connectivity index (χ4n) is 2.77. The highest BCUT2D eigenvalue weighted by molar-refractivity contribution is 5.88. The molecule has 1 fully saturated rings. The van der Waals surface area contributed by atoms with Crippen LogP contribution in [0.3, 0.4) is 0 Å². The second-order valence-electron chi connectivity index (χ2n) is 5.98. The van der Waals surface area contributed by atoms with Gasteiger partial charge in [0.2, 0.25) is 0 Å². The van der Waals surface area contributed by atoms with Crippen molar-refractivity contribution in [2.24, 2.45) is 5.73 Å². The van der Waals surface area contributed by atoms with Gasteiger partial charge in [-0.05, 0) is 43.1 Å². The molecule has 1 atom stereocenters. The maximum Gasteiger partial charge on any atom is 0.354 e. The van der Waals surface area contributed by atoms with E-state index in [0.717, 1.165) is 31.5 Å². The third-order valence-corrected chi connectivity index (χ3v) is 4.13. The minimum atomic E-state index is -0.461. The molecule has 0 bridgehead atoms. The minimum absolute atomic E-state index is 0.0928. The van der Waals surface area contributed by atoms with Crippen LogP contribution < -0.4 is 27.4 Å². The molecule has 25 heavy (non-hydrogen) atoms. The van der Waals surface area contributed by atoms with Crippen LogP contribution in [0.2, 0.25) is 0 Å². The fraction of sp³-hybridized carbons (Fsp3) is 0.353. The third-order valence-electron chi connectivity index (χ3n) is 4.13. The van der Waals surface area contributed by atoms with Crippen LogP contribution in [0.4, 0.5) is 10.6 Å². The van der Waals surface area contributed by atoms with Gasteiger partial charge in [-0.2, -0.15) is 4.98 Å². The number of nitrogens with zero attached hydrogens (tertiary/aromatic N) is 2. The summed E-state index contributed by atoms with van der Waals surface area (Å²) in [5.74, 6) is 0.223. The maximum atomic E-state index is 12.2. The van der Waals surface area contributed by atoms with E-state index in [2.05, 4.69) is 20.9 Å². The van der Waals surface area contributed by atoms with E-state index in [4.69, 9.17) is 5.73 Å². The van der Waals surface area contributed by atoms with Gasteiger partial charge in [-0.15, -0.1) is 0 Å². The van der Waals surface area contributed by atoms with E-state index < -0.39 is 5.69 Å². The molecule has 0 saturated carbocycles. The van der Waals surface area contributed by atoms with Crippen LogP contribution in [-0.2, 0) is 6.54 Å². The van der Waals surface area contributed by atoms with E-state index in [1.807, 2.05) is 12.1 Å². The number of rotatable bonds is 4. The Labute approximate surface area is 145 Å². The number of urea groups is 1. The Bertz CT molecular complexity index is 780. The number of aromatic nitrogens is 2. The molecule has 0 aliphatic carbocycles. The number of hydrogen-bond donors (Lipinski definition) is 4. The van der Waals surface area contributed by atoms with Crippen LogP contribution in [-0.4, -0.2) is 34.7 Å². The SMILES string of the molecule is NCc1ccc(-n2ccc(NC(=O)NC3CCCNC3)nc2=O)cc1. The molecule has 2 amide bonds. The lowest BCUT2D eigenvalue weighted by molar-refractivity contribution is 0.245. The van der Waals surface area contributed by atoms with E-state index in [-0.39, 0.29) is 17.9 Å². The normalized spacial score (nSPS) is 17.1. The van der Waals surface area contributed by atoms with Crippen molar-refractivity contribution in [3.8, 4) is 5.69 Å². The molecule has 2 heterocycles. The predicted molar refractivity (Wildman–Crippen MR) is 95.8 cm³/mol. The summed E-state index contributed by atoms with van der Waals surface area (Å²) in [6, 6.07) is 8.67. The average molecular weight is 342 g/mol. The molecular formula is C17H22N6O2. The van der Waals surface area contributed by atoms with Crippen LogP contribution in [0.5, 0.6) is 0 Å². The van der Waals surface area contributed by atoms with Gasteiger partial charge in [-0.3, -0.25) is 9.88 Å². The zero-order valence-corrected chi connectivity index (χ0v) is 13.9. The number of anilines is 1.